The number of para-hydroxylation sites is 1. The predicted octanol–water partition coefficient (Wildman–Crippen LogP) is 9.67. The fourth-order valence-electron chi connectivity index (χ4n) is 5.28. The molecule has 2 aromatic heterocycles. The van der Waals surface area contributed by atoms with Crippen LogP contribution in [0, 0.1) is 0 Å². The highest BCUT2D eigenvalue weighted by molar-refractivity contribution is 7.99. The van der Waals surface area contributed by atoms with E-state index in [1.165, 1.54) is 80.7 Å². The van der Waals surface area contributed by atoms with Crippen LogP contribution in [0.4, 0.5) is 0 Å². The average Bonchev–Trinajstić information content (AvgIpc) is 3.67. The summed E-state index contributed by atoms with van der Waals surface area (Å²) < 4.78 is 8.56. The van der Waals surface area contributed by atoms with E-state index in [4.69, 9.17) is 16.3 Å². The summed E-state index contributed by atoms with van der Waals surface area (Å²) in [5, 5.41) is 14.9. The van der Waals surface area contributed by atoms with E-state index in [2.05, 4.69) is 27.6 Å². The molecule has 5 aromatic rings. The summed E-state index contributed by atoms with van der Waals surface area (Å²) in [6.45, 7) is 2.25. The number of esters is 1. The molecule has 48 heavy (non-hydrogen) atoms. The predicted molar refractivity (Wildman–Crippen MR) is 197 cm³/mol. The molecule has 0 saturated heterocycles. The number of thioether (sulfide) groups is 1. The van der Waals surface area contributed by atoms with Crippen LogP contribution in [0.25, 0.3) is 15.8 Å². The first kappa shape index (κ1) is 35.3. The minimum Gasteiger partial charge on any atom is -0.422 e. The summed E-state index contributed by atoms with van der Waals surface area (Å²) in [5.74, 6) is 0.563. The first-order chi connectivity index (χ1) is 23.5. The molecule has 0 atom stereocenters. The van der Waals surface area contributed by atoms with Gasteiger partial charge in [-0.2, -0.15) is 5.10 Å². The van der Waals surface area contributed by atoms with Crippen molar-refractivity contribution in [2.75, 3.05) is 5.75 Å². The molecule has 8 nitrogen and oxygen atoms in total. The number of benzene rings is 3. The maximum Gasteiger partial charge on any atom is 0.355 e. The second-order valence-corrected chi connectivity index (χ2v) is 13.8. The minimum absolute atomic E-state index is 0.119. The van der Waals surface area contributed by atoms with Gasteiger partial charge in [0, 0.05) is 22.2 Å². The molecule has 0 aliphatic carbocycles. The fourth-order valence-corrected chi connectivity index (χ4v) is 7.43. The van der Waals surface area contributed by atoms with Crippen LogP contribution >= 0.6 is 34.7 Å². The maximum absolute atomic E-state index is 12.9. The van der Waals surface area contributed by atoms with E-state index in [1.807, 2.05) is 59.2 Å². The normalized spacial score (nSPS) is 11.4. The van der Waals surface area contributed by atoms with Crippen molar-refractivity contribution in [3.63, 3.8) is 0 Å². The van der Waals surface area contributed by atoms with Gasteiger partial charge < -0.3 is 4.74 Å². The van der Waals surface area contributed by atoms with Crippen molar-refractivity contribution in [2.45, 2.75) is 76.3 Å². The Morgan fingerprint density at radius 3 is 2.42 bits per heavy atom. The van der Waals surface area contributed by atoms with Gasteiger partial charge in [-0.1, -0.05) is 130 Å². The van der Waals surface area contributed by atoms with Gasteiger partial charge in [0.1, 0.15) is 16.5 Å². The van der Waals surface area contributed by atoms with Crippen LogP contribution in [0.2, 0.25) is 5.02 Å². The quantitative estimate of drug-likeness (QED) is 0.0244. The average molecular weight is 702 g/mol. The van der Waals surface area contributed by atoms with Crippen molar-refractivity contribution >= 4 is 62.9 Å². The Morgan fingerprint density at radius 2 is 1.65 bits per heavy atom. The lowest BCUT2D eigenvalue weighted by Gasteiger charge is -2.10. The summed E-state index contributed by atoms with van der Waals surface area (Å²) in [6.07, 6.45) is 13.7. The molecular formula is C37H40ClN5O3S2. The van der Waals surface area contributed by atoms with E-state index < -0.39 is 5.97 Å². The van der Waals surface area contributed by atoms with Gasteiger partial charge in [0.15, 0.2) is 5.16 Å². The molecule has 0 radical (unpaired) electrons. The summed E-state index contributed by atoms with van der Waals surface area (Å²) in [4.78, 5) is 25.9. The number of amides is 1. The molecule has 0 fully saturated rings. The third-order valence-corrected chi connectivity index (χ3v) is 10.3. The number of aromatic nitrogens is 3. The first-order valence-corrected chi connectivity index (χ1v) is 18.6. The zero-order chi connectivity index (χ0) is 33.6. The smallest absolute Gasteiger partial charge is 0.355 e. The topological polar surface area (TPSA) is 98.5 Å². The molecule has 1 N–H and O–H groups in total. The Bertz CT molecular complexity index is 1820. The lowest BCUT2D eigenvalue weighted by atomic mass is 10.1. The van der Waals surface area contributed by atoms with Crippen LogP contribution in [-0.2, 0) is 11.2 Å². The molecule has 5 rings (SSSR count). The van der Waals surface area contributed by atoms with E-state index in [0.717, 1.165) is 34.4 Å². The Morgan fingerprint density at radius 1 is 0.917 bits per heavy atom. The second-order valence-electron chi connectivity index (χ2n) is 11.4. The second kappa shape index (κ2) is 18.5. The summed E-state index contributed by atoms with van der Waals surface area (Å²) in [6, 6.07) is 24.5. The molecule has 0 bridgehead atoms. The number of rotatable bonds is 18. The number of aryl methyl sites for hydroxylation is 1. The highest BCUT2D eigenvalue weighted by Gasteiger charge is 2.19. The molecule has 0 saturated carbocycles. The number of hydrazone groups is 1. The van der Waals surface area contributed by atoms with Crippen molar-refractivity contribution in [3.8, 4) is 11.4 Å². The van der Waals surface area contributed by atoms with Gasteiger partial charge >= 0.3 is 5.97 Å². The number of hydrogen-bond donors (Lipinski definition) is 1. The van der Waals surface area contributed by atoms with Gasteiger partial charge in [-0.25, -0.2) is 10.2 Å². The van der Waals surface area contributed by atoms with Crippen molar-refractivity contribution < 1.29 is 14.3 Å². The fraction of sp³-hybridized carbons (Fsp3) is 0.324. The van der Waals surface area contributed by atoms with Gasteiger partial charge in [0.25, 0.3) is 5.91 Å². The highest BCUT2D eigenvalue weighted by atomic mass is 35.5. The number of nitrogens with zero attached hydrogens (tertiary/aromatic N) is 4. The van der Waals surface area contributed by atoms with E-state index in [9.17, 15) is 9.59 Å². The molecule has 0 spiro atoms. The highest BCUT2D eigenvalue weighted by Crippen LogP contribution is 2.35. The molecule has 0 unspecified atom stereocenters. The summed E-state index contributed by atoms with van der Waals surface area (Å²) in [5.41, 5.74) is 4.20. The lowest BCUT2D eigenvalue weighted by Crippen LogP contribution is -2.20. The molecule has 3 aromatic carbocycles. The lowest BCUT2D eigenvalue weighted by molar-refractivity contribution is -0.118. The van der Waals surface area contributed by atoms with Crippen molar-refractivity contribution in [3.05, 3.63) is 100 Å². The number of thiophene rings is 1. The number of carbonyl (C=O) groups is 2. The number of unbranched alkanes of at least 4 members (excludes halogenated alkanes) is 8. The van der Waals surface area contributed by atoms with Crippen LogP contribution < -0.4 is 10.2 Å². The van der Waals surface area contributed by atoms with Gasteiger partial charge in [0.05, 0.1) is 17.0 Å². The molecular weight excluding hydrogens is 662 g/mol. The van der Waals surface area contributed by atoms with E-state index in [-0.39, 0.29) is 11.7 Å². The molecule has 2 heterocycles. The summed E-state index contributed by atoms with van der Waals surface area (Å²) >= 11 is 9.05. The molecule has 0 aliphatic heterocycles. The van der Waals surface area contributed by atoms with Crippen molar-refractivity contribution in [1.82, 2.24) is 20.2 Å². The largest absolute Gasteiger partial charge is 0.422 e. The maximum atomic E-state index is 12.9. The minimum atomic E-state index is -0.528. The van der Waals surface area contributed by atoms with Gasteiger partial charge in [-0.15, -0.1) is 21.5 Å². The van der Waals surface area contributed by atoms with Crippen LogP contribution in [0.1, 0.15) is 85.8 Å². The number of hydrogen-bond acceptors (Lipinski definition) is 8. The number of nitrogens with one attached hydrogen (secondary N) is 1. The van der Waals surface area contributed by atoms with Crippen molar-refractivity contribution in [1.29, 1.82) is 0 Å². The Labute approximate surface area is 295 Å². The zero-order valence-electron chi connectivity index (χ0n) is 27.1. The monoisotopic (exact) mass is 701 g/mol. The van der Waals surface area contributed by atoms with Gasteiger partial charge in [-0.05, 0) is 42.3 Å². The van der Waals surface area contributed by atoms with Gasteiger partial charge in [-0.3, -0.25) is 9.36 Å². The number of halogens is 1. The first-order valence-electron chi connectivity index (χ1n) is 16.5. The summed E-state index contributed by atoms with van der Waals surface area (Å²) in [7, 11) is 0. The Balaban J connectivity index is 1.11. The SMILES string of the molecule is CCCCCCCCCCCc1nnc(SCC(=O)N/N=C\c2cccc(OC(=O)c3sc4ccccc4c3Cl)c2)n1-c1ccccc1. The molecule has 250 valence electrons. The third kappa shape index (κ3) is 10.0. The molecule has 1 amide bonds. The molecule has 0 aliphatic rings. The number of carbonyl (C=O) groups excluding carboxylic acids is 2. The van der Waals surface area contributed by atoms with Crippen LogP contribution in [-0.4, -0.2) is 38.6 Å². The molecule has 11 heteroatoms. The van der Waals surface area contributed by atoms with Crippen LogP contribution in [0.15, 0.2) is 89.1 Å². The van der Waals surface area contributed by atoms with Crippen LogP contribution in [0.5, 0.6) is 5.75 Å². The Kier molecular flexibility index (Phi) is 13.6. The standard InChI is InChI=1S/C37H40ClN5O3S2/c1-2-3-4-5-6-7-8-9-13-23-32-40-42-37(43(32)28-18-11-10-12-19-28)47-26-33(44)41-39-25-27-17-16-20-29(24-27)46-36(45)35-34(38)30-21-14-15-22-31(30)48-35/h10-12,14-22,24-25H,2-9,13,23,26H2,1H3,(H,41,44)/b39-25-. The van der Waals surface area contributed by atoms with E-state index in [0.29, 0.717) is 26.4 Å². The Hall–Kier alpha value is -3.99. The zero-order valence-corrected chi connectivity index (χ0v) is 29.5. The van der Waals surface area contributed by atoms with Crippen LogP contribution in [0.3, 0.4) is 0 Å². The number of fused-ring (bicyclic) bond motifs is 1. The van der Waals surface area contributed by atoms with E-state index >= 15 is 0 Å². The van der Waals surface area contributed by atoms with Crippen molar-refractivity contribution in [2.24, 2.45) is 5.10 Å². The third-order valence-electron chi connectivity index (χ3n) is 7.74. The number of ether oxygens (including phenoxy) is 1. The van der Waals surface area contributed by atoms with Gasteiger partial charge in [0.2, 0.25) is 0 Å². The van der Waals surface area contributed by atoms with E-state index in [1.54, 1.807) is 24.3 Å².